The van der Waals surface area contributed by atoms with E-state index in [0.29, 0.717) is 5.41 Å². The van der Waals surface area contributed by atoms with Crippen molar-refractivity contribution in [3.8, 4) is 0 Å². The molecule has 0 fully saturated rings. The lowest BCUT2D eigenvalue weighted by molar-refractivity contribution is 0.421. The third kappa shape index (κ3) is 2.03. The van der Waals surface area contributed by atoms with Crippen molar-refractivity contribution < 1.29 is 0 Å². The van der Waals surface area contributed by atoms with Crippen molar-refractivity contribution >= 4 is 5.69 Å². The first kappa shape index (κ1) is 13.4. The Labute approximate surface area is 111 Å². The quantitative estimate of drug-likeness (QED) is 0.865. The SMILES string of the molecule is CCN1CC(CC)(CC)c2cc(CCN)ccc21. The van der Waals surface area contributed by atoms with Crippen molar-refractivity contribution in [3.05, 3.63) is 29.3 Å². The number of likely N-dealkylation sites (N-methyl/N-ethyl adjacent to an activating group) is 1. The van der Waals surface area contributed by atoms with Gasteiger partial charge in [0.25, 0.3) is 0 Å². The van der Waals surface area contributed by atoms with Crippen LogP contribution < -0.4 is 10.6 Å². The topological polar surface area (TPSA) is 29.3 Å². The molecule has 18 heavy (non-hydrogen) atoms. The highest BCUT2D eigenvalue weighted by atomic mass is 15.2. The minimum atomic E-state index is 0.357. The van der Waals surface area contributed by atoms with Crippen LogP contribution >= 0.6 is 0 Å². The molecule has 0 spiro atoms. The number of fused-ring (bicyclic) bond motifs is 1. The Bertz CT molecular complexity index is 408. The zero-order valence-corrected chi connectivity index (χ0v) is 12.0. The molecule has 1 aromatic rings. The van der Waals surface area contributed by atoms with E-state index in [2.05, 4.69) is 43.9 Å². The molecule has 0 amide bonds. The Balaban J connectivity index is 2.46. The molecule has 2 rings (SSSR count). The van der Waals surface area contributed by atoms with Gasteiger partial charge in [0.05, 0.1) is 0 Å². The second kappa shape index (κ2) is 5.31. The van der Waals surface area contributed by atoms with Crippen molar-refractivity contribution in [2.24, 2.45) is 5.73 Å². The predicted octanol–water partition coefficient (Wildman–Crippen LogP) is 3.09. The molecule has 0 aromatic heterocycles. The molecule has 1 heterocycles. The van der Waals surface area contributed by atoms with E-state index >= 15 is 0 Å². The fraction of sp³-hybridized carbons (Fsp3) is 0.625. The Kier molecular flexibility index (Phi) is 3.96. The highest BCUT2D eigenvalue weighted by Gasteiger charge is 2.39. The van der Waals surface area contributed by atoms with Gasteiger partial charge in [-0.15, -0.1) is 0 Å². The van der Waals surface area contributed by atoms with Crippen molar-refractivity contribution in [3.63, 3.8) is 0 Å². The standard InChI is InChI=1S/C16H26N2/c1-4-16(5-2)12-18(6-3)15-8-7-13(9-10-17)11-14(15)16/h7-8,11H,4-6,9-10,12,17H2,1-3H3. The van der Waals surface area contributed by atoms with Gasteiger partial charge in [-0.25, -0.2) is 0 Å². The molecule has 0 atom stereocenters. The average molecular weight is 246 g/mol. The average Bonchev–Trinajstić information content (AvgIpc) is 2.73. The Morgan fingerprint density at radius 3 is 2.50 bits per heavy atom. The zero-order chi connectivity index (χ0) is 13.2. The minimum Gasteiger partial charge on any atom is -0.371 e. The largest absolute Gasteiger partial charge is 0.371 e. The van der Waals surface area contributed by atoms with Crippen LogP contribution in [-0.4, -0.2) is 19.6 Å². The fourth-order valence-corrected chi connectivity index (χ4v) is 3.28. The summed E-state index contributed by atoms with van der Waals surface area (Å²) in [6.45, 7) is 9.91. The summed E-state index contributed by atoms with van der Waals surface area (Å²) in [5.41, 5.74) is 10.4. The summed E-state index contributed by atoms with van der Waals surface area (Å²) in [7, 11) is 0. The molecule has 2 nitrogen and oxygen atoms in total. The zero-order valence-electron chi connectivity index (χ0n) is 12.0. The van der Waals surface area contributed by atoms with Crippen LogP contribution in [-0.2, 0) is 11.8 Å². The first-order valence-corrected chi connectivity index (χ1v) is 7.29. The van der Waals surface area contributed by atoms with Gasteiger partial charge in [0, 0.05) is 24.2 Å². The molecule has 0 radical (unpaired) electrons. The van der Waals surface area contributed by atoms with E-state index in [-0.39, 0.29) is 0 Å². The van der Waals surface area contributed by atoms with Gasteiger partial charge in [0.15, 0.2) is 0 Å². The molecule has 2 heteroatoms. The van der Waals surface area contributed by atoms with Crippen LogP contribution in [0.4, 0.5) is 5.69 Å². The van der Waals surface area contributed by atoms with E-state index in [1.807, 2.05) is 0 Å². The van der Waals surface area contributed by atoms with Gasteiger partial charge in [0.2, 0.25) is 0 Å². The van der Waals surface area contributed by atoms with Crippen LogP contribution in [0.5, 0.6) is 0 Å². The van der Waals surface area contributed by atoms with Crippen molar-refractivity contribution in [1.82, 2.24) is 0 Å². The Morgan fingerprint density at radius 2 is 1.94 bits per heavy atom. The molecule has 0 saturated carbocycles. The molecule has 0 unspecified atom stereocenters. The summed E-state index contributed by atoms with van der Waals surface area (Å²) in [6.07, 6.45) is 3.43. The molecule has 0 saturated heterocycles. The van der Waals surface area contributed by atoms with E-state index in [1.165, 1.54) is 30.6 Å². The lowest BCUT2D eigenvalue weighted by atomic mass is 9.77. The van der Waals surface area contributed by atoms with Gasteiger partial charge in [-0.1, -0.05) is 26.0 Å². The van der Waals surface area contributed by atoms with E-state index in [9.17, 15) is 0 Å². The number of benzene rings is 1. The number of nitrogens with two attached hydrogens (primary N) is 1. The maximum atomic E-state index is 5.68. The first-order valence-electron chi connectivity index (χ1n) is 7.29. The van der Waals surface area contributed by atoms with Gasteiger partial charge >= 0.3 is 0 Å². The van der Waals surface area contributed by atoms with Crippen LogP contribution in [0.3, 0.4) is 0 Å². The second-order valence-electron chi connectivity index (χ2n) is 5.39. The smallest absolute Gasteiger partial charge is 0.0405 e. The highest BCUT2D eigenvalue weighted by Crippen LogP contribution is 2.45. The predicted molar refractivity (Wildman–Crippen MR) is 79.3 cm³/mol. The van der Waals surface area contributed by atoms with Crippen LogP contribution in [0.15, 0.2) is 18.2 Å². The monoisotopic (exact) mass is 246 g/mol. The normalized spacial score (nSPS) is 17.0. The van der Waals surface area contributed by atoms with E-state index in [4.69, 9.17) is 5.73 Å². The summed E-state index contributed by atoms with van der Waals surface area (Å²) in [5.74, 6) is 0. The van der Waals surface area contributed by atoms with Gasteiger partial charge in [-0.3, -0.25) is 0 Å². The number of hydrogen-bond donors (Lipinski definition) is 1. The second-order valence-corrected chi connectivity index (χ2v) is 5.39. The number of rotatable bonds is 5. The molecule has 1 aromatic carbocycles. The maximum absolute atomic E-state index is 5.68. The number of hydrogen-bond acceptors (Lipinski definition) is 2. The molecular weight excluding hydrogens is 220 g/mol. The summed E-state index contributed by atoms with van der Waals surface area (Å²) in [4.78, 5) is 2.52. The summed E-state index contributed by atoms with van der Waals surface area (Å²) in [5, 5.41) is 0. The fourth-order valence-electron chi connectivity index (χ4n) is 3.28. The van der Waals surface area contributed by atoms with Crippen LogP contribution in [0, 0.1) is 0 Å². The highest BCUT2D eigenvalue weighted by molar-refractivity contribution is 5.63. The van der Waals surface area contributed by atoms with E-state index in [1.54, 1.807) is 5.56 Å². The lowest BCUT2D eigenvalue weighted by Gasteiger charge is -2.28. The molecule has 0 aliphatic carbocycles. The molecule has 2 N–H and O–H groups in total. The van der Waals surface area contributed by atoms with Gasteiger partial charge < -0.3 is 10.6 Å². The molecule has 1 aliphatic heterocycles. The van der Waals surface area contributed by atoms with Crippen LogP contribution in [0.25, 0.3) is 0 Å². The lowest BCUT2D eigenvalue weighted by Crippen LogP contribution is -2.32. The summed E-state index contributed by atoms with van der Waals surface area (Å²) in [6, 6.07) is 6.96. The maximum Gasteiger partial charge on any atom is 0.0405 e. The van der Waals surface area contributed by atoms with Crippen molar-refractivity contribution in [1.29, 1.82) is 0 Å². The van der Waals surface area contributed by atoms with Crippen molar-refractivity contribution in [2.45, 2.75) is 45.4 Å². The number of anilines is 1. The first-order chi connectivity index (χ1) is 8.70. The molecule has 100 valence electrons. The van der Waals surface area contributed by atoms with Gasteiger partial charge in [-0.2, -0.15) is 0 Å². The van der Waals surface area contributed by atoms with E-state index in [0.717, 1.165) is 19.5 Å². The third-order valence-electron chi connectivity index (χ3n) is 4.63. The molecule has 1 aliphatic rings. The van der Waals surface area contributed by atoms with Gasteiger partial charge in [0.1, 0.15) is 0 Å². The molecule has 0 bridgehead atoms. The molecular formula is C16H26N2. The minimum absolute atomic E-state index is 0.357. The van der Waals surface area contributed by atoms with Crippen LogP contribution in [0.2, 0.25) is 0 Å². The van der Waals surface area contributed by atoms with E-state index < -0.39 is 0 Å². The number of nitrogens with zero attached hydrogens (tertiary/aromatic N) is 1. The van der Waals surface area contributed by atoms with Crippen LogP contribution in [0.1, 0.15) is 44.7 Å². The third-order valence-corrected chi connectivity index (χ3v) is 4.63. The van der Waals surface area contributed by atoms with Gasteiger partial charge in [-0.05, 0) is 49.9 Å². The Morgan fingerprint density at radius 1 is 1.22 bits per heavy atom. The van der Waals surface area contributed by atoms with Crippen molar-refractivity contribution in [2.75, 3.05) is 24.5 Å². The summed E-state index contributed by atoms with van der Waals surface area (Å²) < 4.78 is 0. The summed E-state index contributed by atoms with van der Waals surface area (Å²) >= 11 is 0. The Hall–Kier alpha value is -1.02.